The van der Waals surface area contributed by atoms with Gasteiger partial charge in [-0.05, 0) is 0 Å². The molecule has 92 valence electrons. The summed E-state index contributed by atoms with van der Waals surface area (Å²) in [5, 5.41) is 2.54. The van der Waals surface area contributed by atoms with Crippen molar-refractivity contribution in [2.75, 3.05) is 32.8 Å². The molecule has 1 unspecified atom stereocenters. The van der Waals surface area contributed by atoms with Gasteiger partial charge in [-0.2, -0.15) is 0 Å². The van der Waals surface area contributed by atoms with Gasteiger partial charge in [-0.3, -0.25) is 4.79 Å². The Morgan fingerprint density at radius 2 is 2.19 bits per heavy atom. The molecule has 6 nitrogen and oxygen atoms in total. The van der Waals surface area contributed by atoms with Gasteiger partial charge in [0.05, 0.1) is 19.7 Å². The number of hydrogen-bond donors (Lipinski definition) is 1. The van der Waals surface area contributed by atoms with Gasteiger partial charge in [0.1, 0.15) is 12.7 Å². The maximum atomic E-state index is 11.3. The van der Waals surface area contributed by atoms with Crippen LogP contribution in [0.25, 0.3) is 0 Å². The number of amides is 2. The van der Waals surface area contributed by atoms with Crippen molar-refractivity contribution in [1.29, 1.82) is 0 Å². The first-order valence-corrected chi connectivity index (χ1v) is 5.56. The first-order chi connectivity index (χ1) is 7.75. The van der Waals surface area contributed by atoms with Crippen molar-refractivity contribution in [3.63, 3.8) is 0 Å². The summed E-state index contributed by atoms with van der Waals surface area (Å²) in [5.74, 6) is -0.0424. The molecule has 0 aromatic rings. The molecule has 1 N–H and O–H groups in total. The lowest BCUT2D eigenvalue weighted by Crippen LogP contribution is -2.45. The first kappa shape index (κ1) is 12.8. The van der Waals surface area contributed by atoms with E-state index >= 15 is 0 Å². The predicted octanol–water partition coefficient (Wildman–Crippen LogP) is -0.0202. The van der Waals surface area contributed by atoms with Crippen molar-refractivity contribution in [2.45, 2.75) is 20.0 Å². The van der Waals surface area contributed by atoms with Crippen molar-refractivity contribution in [1.82, 2.24) is 10.2 Å². The van der Waals surface area contributed by atoms with E-state index in [2.05, 4.69) is 5.32 Å². The van der Waals surface area contributed by atoms with Gasteiger partial charge >= 0.3 is 6.09 Å². The molecule has 2 aliphatic heterocycles. The Labute approximate surface area is 94.9 Å². The van der Waals surface area contributed by atoms with E-state index < -0.39 is 6.09 Å². The van der Waals surface area contributed by atoms with Crippen LogP contribution in [0.4, 0.5) is 4.79 Å². The van der Waals surface area contributed by atoms with Crippen LogP contribution in [0.5, 0.6) is 0 Å². The maximum Gasteiger partial charge on any atom is 0.407 e. The number of ether oxygens (including phenoxy) is 2. The lowest BCUT2D eigenvalue weighted by Gasteiger charge is -2.28. The summed E-state index contributed by atoms with van der Waals surface area (Å²) in [6, 6.07) is 0. The SMILES string of the molecule is CC.O=C1NCC(CN2CCOCC2=O)O1. The van der Waals surface area contributed by atoms with Crippen LogP contribution in [0.3, 0.4) is 0 Å². The molecule has 6 heteroatoms. The number of morpholine rings is 1. The number of carbonyl (C=O) groups is 2. The standard InChI is InChI=1S/C8H12N2O4.C2H6/c11-7-5-13-2-1-10(7)4-6-3-9-8(12)14-6;1-2/h6H,1-5H2,(H,9,12);1-2H3. The Bertz CT molecular complexity index is 257. The van der Waals surface area contributed by atoms with Crippen LogP contribution < -0.4 is 5.32 Å². The highest BCUT2D eigenvalue weighted by Gasteiger charge is 2.28. The largest absolute Gasteiger partial charge is 0.442 e. The van der Waals surface area contributed by atoms with E-state index in [1.165, 1.54) is 0 Å². The fourth-order valence-corrected chi connectivity index (χ4v) is 1.52. The average molecular weight is 230 g/mol. The van der Waals surface area contributed by atoms with Crippen molar-refractivity contribution in [3.8, 4) is 0 Å². The van der Waals surface area contributed by atoms with E-state index in [0.717, 1.165) is 0 Å². The summed E-state index contributed by atoms with van der Waals surface area (Å²) in [5.41, 5.74) is 0. The molecule has 0 aromatic heterocycles. The van der Waals surface area contributed by atoms with Crippen molar-refractivity contribution in [3.05, 3.63) is 0 Å². The normalized spacial score (nSPS) is 24.4. The van der Waals surface area contributed by atoms with E-state index in [4.69, 9.17) is 9.47 Å². The molecular weight excluding hydrogens is 212 g/mol. The Hall–Kier alpha value is -1.30. The van der Waals surface area contributed by atoms with Crippen molar-refractivity contribution >= 4 is 12.0 Å². The minimum atomic E-state index is -0.407. The number of nitrogens with zero attached hydrogens (tertiary/aromatic N) is 1. The zero-order valence-electron chi connectivity index (χ0n) is 9.69. The molecule has 2 aliphatic rings. The summed E-state index contributed by atoms with van der Waals surface area (Å²) < 4.78 is 9.91. The summed E-state index contributed by atoms with van der Waals surface area (Å²) in [4.78, 5) is 23.7. The van der Waals surface area contributed by atoms with E-state index in [1.807, 2.05) is 13.8 Å². The zero-order valence-corrected chi connectivity index (χ0v) is 9.69. The minimum absolute atomic E-state index is 0.0424. The maximum absolute atomic E-state index is 11.3. The molecule has 2 heterocycles. The third-order valence-corrected chi connectivity index (χ3v) is 2.26. The highest BCUT2D eigenvalue weighted by Crippen LogP contribution is 2.05. The topological polar surface area (TPSA) is 67.9 Å². The van der Waals surface area contributed by atoms with Crippen LogP contribution in [-0.4, -0.2) is 55.9 Å². The summed E-state index contributed by atoms with van der Waals surface area (Å²) in [6.45, 7) is 6.20. The second-order valence-corrected chi connectivity index (χ2v) is 3.30. The molecule has 0 spiro atoms. The van der Waals surface area contributed by atoms with Gasteiger partial charge in [0.15, 0.2) is 0 Å². The molecule has 2 saturated heterocycles. The van der Waals surface area contributed by atoms with Gasteiger partial charge in [-0.15, -0.1) is 0 Å². The molecule has 2 fully saturated rings. The monoisotopic (exact) mass is 230 g/mol. The molecule has 0 aromatic carbocycles. The number of alkyl carbamates (subject to hydrolysis) is 1. The number of hydrogen-bond acceptors (Lipinski definition) is 4. The molecule has 0 aliphatic carbocycles. The molecular formula is C10H18N2O4. The van der Waals surface area contributed by atoms with Crippen molar-refractivity contribution < 1.29 is 19.1 Å². The molecule has 1 atom stereocenters. The lowest BCUT2D eigenvalue weighted by atomic mass is 10.3. The quantitative estimate of drug-likeness (QED) is 0.724. The second kappa shape index (κ2) is 6.32. The molecule has 2 rings (SSSR count). The smallest absolute Gasteiger partial charge is 0.407 e. The van der Waals surface area contributed by atoms with E-state index in [1.54, 1.807) is 4.90 Å². The minimum Gasteiger partial charge on any atom is -0.442 e. The summed E-state index contributed by atoms with van der Waals surface area (Å²) in [6.07, 6.45) is -0.625. The lowest BCUT2D eigenvalue weighted by molar-refractivity contribution is -0.143. The average Bonchev–Trinajstić information content (AvgIpc) is 2.70. The Kier molecular flexibility index (Phi) is 5.04. The van der Waals surface area contributed by atoms with Gasteiger partial charge < -0.3 is 19.7 Å². The van der Waals surface area contributed by atoms with Crippen LogP contribution in [-0.2, 0) is 14.3 Å². The molecule has 0 radical (unpaired) electrons. The van der Waals surface area contributed by atoms with Crippen LogP contribution in [0.2, 0.25) is 0 Å². The van der Waals surface area contributed by atoms with Crippen LogP contribution in [0.15, 0.2) is 0 Å². The number of cyclic esters (lactones) is 1. The van der Waals surface area contributed by atoms with Gasteiger partial charge in [0.25, 0.3) is 0 Å². The summed E-state index contributed by atoms with van der Waals surface area (Å²) in [7, 11) is 0. The third-order valence-electron chi connectivity index (χ3n) is 2.26. The van der Waals surface area contributed by atoms with Gasteiger partial charge in [0, 0.05) is 6.54 Å². The van der Waals surface area contributed by atoms with E-state index in [0.29, 0.717) is 26.2 Å². The number of nitrogens with one attached hydrogen (secondary N) is 1. The van der Waals surface area contributed by atoms with E-state index in [9.17, 15) is 9.59 Å². The first-order valence-electron chi connectivity index (χ1n) is 5.56. The molecule has 2 amide bonds. The Balaban J connectivity index is 0.000000606. The summed E-state index contributed by atoms with van der Waals surface area (Å²) >= 11 is 0. The van der Waals surface area contributed by atoms with Crippen LogP contribution in [0, 0.1) is 0 Å². The predicted molar refractivity (Wildman–Crippen MR) is 57.0 cm³/mol. The van der Waals surface area contributed by atoms with Crippen LogP contribution >= 0.6 is 0 Å². The Morgan fingerprint density at radius 3 is 2.75 bits per heavy atom. The second-order valence-electron chi connectivity index (χ2n) is 3.30. The number of carbonyl (C=O) groups excluding carboxylic acids is 2. The van der Waals surface area contributed by atoms with Gasteiger partial charge in [-0.1, -0.05) is 13.8 Å². The van der Waals surface area contributed by atoms with Crippen molar-refractivity contribution in [2.24, 2.45) is 0 Å². The fourth-order valence-electron chi connectivity index (χ4n) is 1.52. The highest BCUT2D eigenvalue weighted by molar-refractivity contribution is 5.78. The van der Waals surface area contributed by atoms with Gasteiger partial charge in [0.2, 0.25) is 5.91 Å². The fraction of sp³-hybridized carbons (Fsp3) is 0.800. The van der Waals surface area contributed by atoms with Crippen LogP contribution in [0.1, 0.15) is 13.8 Å². The van der Waals surface area contributed by atoms with E-state index in [-0.39, 0.29) is 18.6 Å². The third kappa shape index (κ3) is 3.37. The highest BCUT2D eigenvalue weighted by atomic mass is 16.6. The molecule has 0 bridgehead atoms. The molecule has 16 heavy (non-hydrogen) atoms. The number of rotatable bonds is 2. The van der Waals surface area contributed by atoms with Gasteiger partial charge in [-0.25, -0.2) is 4.79 Å². The molecule has 0 saturated carbocycles. The zero-order chi connectivity index (χ0) is 12.0. The Morgan fingerprint density at radius 1 is 1.44 bits per heavy atom.